The van der Waals surface area contributed by atoms with Crippen molar-refractivity contribution < 1.29 is 19.1 Å². The summed E-state index contributed by atoms with van der Waals surface area (Å²) in [5.74, 6) is -1.65. The van der Waals surface area contributed by atoms with Crippen molar-refractivity contribution >= 4 is 56.1 Å². The number of esters is 2. The molecule has 0 bridgehead atoms. The van der Waals surface area contributed by atoms with Crippen LogP contribution in [0.3, 0.4) is 0 Å². The van der Waals surface area contributed by atoms with Crippen LogP contribution in [0.5, 0.6) is 0 Å². The van der Waals surface area contributed by atoms with Crippen molar-refractivity contribution in [2.75, 3.05) is 13.2 Å². The zero-order valence-corrected chi connectivity index (χ0v) is 19.1. The van der Waals surface area contributed by atoms with Crippen LogP contribution in [0.1, 0.15) is 30.4 Å². The van der Waals surface area contributed by atoms with Crippen LogP contribution in [0.25, 0.3) is 5.03 Å². The Morgan fingerprint density at radius 2 is 1.52 bits per heavy atom. The predicted molar refractivity (Wildman–Crippen MR) is 119 cm³/mol. The van der Waals surface area contributed by atoms with Gasteiger partial charge in [0.1, 0.15) is 0 Å². The molecule has 0 radical (unpaired) electrons. The summed E-state index contributed by atoms with van der Waals surface area (Å²) in [5, 5.41) is -0.916. The highest BCUT2D eigenvalue weighted by atomic mass is 79.9. The summed E-state index contributed by atoms with van der Waals surface area (Å²) >= 11 is 16.6. The van der Waals surface area contributed by atoms with Crippen LogP contribution in [-0.2, 0) is 19.1 Å². The van der Waals surface area contributed by atoms with Crippen molar-refractivity contribution in [2.45, 2.75) is 19.2 Å². The van der Waals surface area contributed by atoms with Gasteiger partial charge in [0, 0.05) is 9.51 Å². The molecule has 0 heterocycles. The molecule has 29 heavy (non-hydrogen) atoms. The molecule has 154 valence electrons. The van der Waals surface area contributed by atoms with Gasteiger partial charge in [-0.25, -0.2) is 0 Å². The van der Waals surface area contributed by atoms with Gasteiger partial charge in [-0.05, 0) is 43.2 Å². The van der Waals surface area contributed by atoms with Gasteiger partial charge in [0.05, 0.1) is 18.6 Å². The quantitative estimate of drug-likeness (QED) is 0.249. The van der Waals surface area contributed by atoms with Crippen LogP contribution >= 0.6 is 39.1 Å². The first kappa shape index (κ1) is 23.5. The maximum Gasteiger partial charge on any atom is 0.329 e. The van der Waals surface area contributed by atoms with Gasteiger partial charge in [-0.15, -0.1) is 11.6 Å². The van der Waals surface area contributed by atoms with Crippen molar-refractivity contribution in [1.29, 1.82) is 0 Å². The van der Waals surface area contributed by atoms with Gasteiger partial charge in [0.2, 0.25) is 5.41 Å². The Labute approximate surface area is 188 Å². The van der Waals surface area contributed by atoms with E-state index in [9.17, 15) is 9.59 Å². The molecule has 0 aliphatic carbocycles. The molecule has 1 unspecified atom stereocenters. The number of hydrogen-bond acceptors (Lipinski definition) is 4. The van der Waals surface area contributed by atoms with Crippen molar-refractivity contribution in [3.05, 3.63) is 76.3 Å². The Hall–Kier alpha value is -1.82. The van der Waals surface area contributed by atoms with Crippen molar-refractivity contribution in [1.82, 2.24) is 0 Å². The first-order valence-electron chi connectivity index (χ1n) is 9.04. The summed E-state index contributed by atoms with van der Waals surface area (Å²) in [6.45, 7) is 3.44. The molecule has 2 aromatic carbocycles. The third kappa shape index (κ3) is 5.41. The molecular formula is C22H21BrCl2O4. The molecule has 4 nitrogen and oxygen atoms in total. The molecule has 7 heteroatoms. The second kappa shape index (κ2) is 10.8. The predicted octanol–water partition coefficient (Wildman–Crippen LogP) is 6.12. The lowest BCUT2D eigenvalue weighted by Crippen LogP contribution is -2.44. The minimum atomic E-state index is -1.96. The molecule has 0 fully saturated rings. The maximum atomic E-state index is 13.1. The molecule has 0 spiro atoms. The third-order valence-electron chi connectivity index (χ3n) is 4.19. The van der Waals surface area contributed by atoms with Gasteiger partial charge in [-0.2, -0.15) is 0 Å². The number of benzene rings is 2. The summed E-state index contributed by atoms with van der Waals surface area (Å²) in [5.41, 5.74) is -0.787. The zero-order valence-electron chi connectivity index (χ0n) is 16.0. The number of halogens is 3. The van der Waals surface area contributed by atoms with E-state index in [1.165, 1.54) is 6.08 Å². The third-order valence-corrected chi connectivity index (χ3v) is 5.64. The van der Waals surface area contributed by atoms with E-state index in [1.807, 2.05) is 6.07 Å². The molecule has 0 aliphatic rings. The number of alkyl halides is 1. The van der Waals surface area contributed by atoms with E-state index in [2.05, 4.69) is 15.9 Å². The molecule has 0 saturated heterocycles. The zero-order chi connectivity index (χ0) is 21.4. The SMILES string of the molecule is CCOC(=O)C(/C=C(\Cl)c1ccccc1)(C(=O)OCC)C(Cl)c1ccc(Br)cc1. The van der Waals surface area contributed by atoms with Crippen molar-refractivity contribution in [3.63, 3.8) is 0 Å². The minimum absolute atomic E-state index is 0.0702. The molecule has 2 rings (SSSR count). The Morgan fingerprint density at radius 3 is 2.00 bits per heavy atom. The van der Waals surface area contributed by atoms with Gasteiger partial charge in [0.25, 0.3) is 0 Å². The highest BCUT2D eigenvalue weighted by Crippen LogP contribution is 2.45. The number of carbonyl (C=O) groups is 2. The summed E-state index contributed by atoms with van der Waals surface area (Å²) in [6, 6.07) is 16.0. The van der Waals surface area contributed by atoms with Crippen LogP contribution in [0.2, 0.25) is 0 Å². The first-order chi connectivity index (χ1) is 13.9. The molecule has 0 amide bonds. The lowest BCUT2D eigenvalue weighted by molar-refractivity contribution is -0.168. The Morgan fingerprint density at radius 1 is 1.00 bits per heavy atom. The van der Waals surface area contributed by atoms with Crippen molar-refractivity contribution in [2.24, 2.45) is 5.41 Å². The van der Waals surface area contributed by atoms with E-state index < -0.39 is 22.7 Å². The Bertz CT molecular complexity index is 848. The fraction of sp³-hybridized carbons (Fsp3) is 0.273. The number of ether oxygens (including phenoxy) is 2. The second-order valence-corrected chi connectivity index (χ2v) is 7.84. The maximum absolute atomic E-state index is 13.1. The average molecular weight is 500 g/mol. The van der Waals surface area contributed by atoms with Crippen LogP contribution in [0.15, 0.2) is 65.1 Å². The molecule has 0 N–H and O–H groups in total. The Balaban J connectivity index is 2.70. The minimum Gasteiger partial charge on any atom is -0.465 e. The Kier molecular flexibility index (Phi) is 8.75. The second-order valence-electron chi connectivity index (χ2n) is 6.08. The summed E-state index contributed by atoms with van der Waals surface area (Å²) < 4.78 is 11.3. The number of carbonyl (C=O) groups excluding carboxylic acids is 2. The highest BCUT2D eigenvalue weighted by Gasteiger charge is 2.54. The van der Waals surface area contributed by atoms with Gasteiger partial charge in [-0.1, -0.05) is 70.0 Å². The van der Waals surface area contributed by atoms with E-state index in [4.69, 9.17) is 32.7 Å². The number of rotatable bonds is 8. The van der Waals surface area contributed by atoms with E-state index in [-0.39, 0.29) is 18.2 Å². The van der Waals surface area contributed by atoms with Crippen LogP contribution in [-0.4, -0.2) is 25.2 Å². The lowest BCUT2D eigenvalue weighted by Gasteiger charge is -2.31. The van der Waals surface area contributed by atoms with E-state index in [0.717, 1.165) is 4.47 Å². The standard InChI is InChI=1S/C22H21BrCl2O4/c1-3-28-20(26)22(21(27)29-4-2,14-18(24)15-8-6-5-7-9-15)19(25)16-10-12-17(23)13-11-16/h5-14,19H,3-4H2,1-2H3/b18-14-. The fourth-order valence-corrected chi connectivity index (χ4v) is 3.71. The van der Waals surface area contributed by atoms with Crippen molar-refractivity contribution in [3.8, 4) is 0 Å². The van der Waals surface area contributed by atoms with Gasteiger partial charge < -0.3 is 9.47 Å². The van der Waals surface area contributed by atoms with Crippen LogP contribution in [0.4, 0.5) is 0 Å². The molecule has 0 saturated carbocycles. The van der Waals surface area contributed by atoms with Crippen LogP contribution < -0.4 is 0 Å². The number of hydrogen-bond donors (Lipinski definition) is 0. The van der Waals surface area contributed by atoms with Gasteiger partial charge in [0.15, 0.2) is 0 Å². The molecule has 0 aliphatic heterocycles. The largest absolute Gasteiger partial charge is 0.465 e. The molecule has 0 aromatic heterocycles. The van der Waals surface area contributed by atoms with E-state index in [0.29, 0.717) is 11.1 Å². The van der Waals surface area contributed by atoms with Gasteiger partial charge >= 0.3 is 11.9 Å². The van der Waals surface area contributed by atoms with Gasteiger partial charge in [-0.3, -0.25) is 9.59 Å². The average Bonchev–Trinajstić information content (AvgIpc) is 2.72. The van der Waals surface area contributed by atoms with E-state index in [1.54, 1.807) is 62.4 Å². The normalized spacial score (nSPS) is 12.9. The fourth-order valence-electron chi connectivity index (χ4n) is 2.76. The molecule has 2 aromatic rings. The lowest BCUT2D eigenvalue weighted by atomic mass is 9.80. The summed E-state index contributed by atoms with van der Waals surface area (Å²) in [4.78, 5) is 26.2. The monoisotopic (exact) mass is 498 g/mol. The molecular weight excluding hydrogens is 479 g/mol. The highest BCUT2D eigenvalue weighted by molar-refractivity contribution is 9.10. The summed E-state index contributed by atoms with van der Waals surface area (Å²) in [6.07, 6.45) is 1.33. The van der Waals surface area contributed by atoms with E-state index >= 15 is 0 Å². The first-order valence-corrected chi connectivity index (χ1v) is 10.6. The topological polar surface area (TPSA) is 52.6 Å². The van der Waals surface area contributed by atoms with Crippen LogP contribution in [0, 0.1) is 5.41 Å². The summed E-state index contributed by atoms with van der Waals surface area (Å²) in [7, 11) is 0. The molecule has 1 atom stereocenters. The smallest absolute Gasteiger partial charge is 0.329 e.